The smallest absolute Gasteiger partial charge is 0.272 e. The number of likely N-dealkylation sites (tertiary alicyclic amines) is 2. The zero-order valence-electron chi connectivity index (χ0n) is 21.1. The van der Waals surface area contributed by atoms with Gasteiger partial charge in [-0.25, -0.2) is 14.4 Å². The zero-order chi connectivity index (χ0) is 25.5. The Kier molecular flexibility index (Phi) is 8.91. The van der Waals surface area contributed by atoms with Crippen molar-refractivity contribution in [1.82, 2.24) is 19.8 Å². The minimum atomic E-state index is -0.335. The predicted octanol–water partition coefficient (Wildman–Crippen LogP) is 4.89. The first-order valence-corrected chi connectivity index (χ1v) is 12.4. The zero-order valence-corrected chi connectivity index (χ0v) is 21.1. The van der Waals surface area contributed by atoms with Crippen LogP contribution in [0.15, 0.2) is 24.3 Å². The van der Waals surface area contributed by atoms with Crippen LogP contribution in [0.1, 0.15) is 103 Å². The molecule has 0 spiro atoms. The van der Waals surface area contributed by atoms with E-state index >= 15 is 0 Å². The van der Waals surface area contributed by atoms with Gasteiger partial charge in [-0.1, -0.05) is 27.7 Å². The maximum atomic E-state index is 13.5. The minimum Gasteiger partial charge on any atom is -0.337 e. The molecule has 2 aromatic rings. The van der Waals surface area contributed by atoms with Crippen LogP contribution in [0.25, 0.3) is 0 Å². The number of hydrogen-bond donors (Lipinski definition) is 0. The van der Waals surface area contributed by atoms with Gasteiger partial charge in [-0.05, 0) is 61.8 Å². The molecule has 2 aromatic heterocycles. The van der Waals surface area contributed by atoms with Crippen molar-refractivity contribution in [2.75, 3.05) is 26.2 Å². The molecule has 0 aromatic carbocycles. The summed E-state index contributed by atoms with van der Waals surface area (Å²) < 4.78 is 13.5. The largest absolute Gasteiger partial charge is 0.337 e. The number of nitrogens with zero attached hydrogens (tertiary/aromatic N) is 5. The topological polar surface area (TPSA) is 90.2 Å². The van der Waals surface area contributed by atoms with E-state index in [1.807, 2.05) is 32.6 Å². The van der Waals surface area contributed by atoms with Gasteiger partial charge < -0.3 is 9.80 Å². The second-order valence-corrected chi connectivity index (χ2v) is 9.65. The molecule has 2 aliphatic rings. The molecule has 7 nitrogen and oxygen atoms in total. The molecule has 186 valence electrons. The molecule has 2 saturated heterocycles. The molecule has 2 fully saturated rings. The van der Waals surface area contributed by atoms with Gasteiger partial charge >= 0.3 is 0 Å². The summed E-state index contributed by atoms with van der Waals surface area (Å²) in [7, 11) is 0. The average molecular weight is 480 g/mol. The van der Waals surface area contributed by atoms with Crippen molar-refractivity contribution in [3.05, 3.63) is 58.4 Å². The molecular formula is C27H34FN5O2. The summed E-state index contributed by atoms with van der Waals surface area (Å²) in [5.74, 6) is -0.265. The summed E-state index contributed by atoms with van der Waals surface area (Å²) in [4.78, 5) is 36.4. The van der Waals surface area contributed by atoms with Gasteiger partial charge in [-0.2, -0.15) is 5.26 Å². The highest BCUT2D eigenvalue weighted by atomic mass is 19.1. The molecule has 35 heavy (non-hydrogen) atoms. The van der Waals surface area contributed by atoms with Gasteiger partial charge in [-0.3, -0.25) is 9.59 Å². The Hall–Kier alpha value is -3.34. The van der Waals surface area contributed by atoms with Gasteiger partial charge in [0.05, 0.1) is 17.3 Å². The Balaban J connectivity index is 0.000000196. The molecular weight excluding hydrogens is 445 g/mol. The highest BCUT2D eigenvalue weighted by molar-refractivity contribution is 5.93. The van der Waals surface area contributed by atoms with Crippen LogP contribution in [0, 0.1) is 17.1 Å². The lowest BCUT2D eigenvalue weighted by Gasteiger charge is -2.15. The number of pyridine rings is 2. The van der Waals surface area contributed by atoms with Crippen LogP contribution in [-0.4, -0.2) is 57.8 Å². The monoisotopic (exact) mass is 479 g/mol. The number of hydrogen-bond acceptors (Lipinski definition) is 5. The summed E-state index contributed by atoms with van der Waals surface area (Å²) in [5, 5.41) is 9.01. The Bertz CT molecular complexity index is 1100. The van der Waals surface area contributed by atoms with E-state index in [9.17, 15) is 14.0 Å². The van der Waals surface area contributed by atoms with Gasteiger partial charge in [0.1, 0.15) is 17.2 Å². The molecule has 4 rings (SSSR count). The van der Waals surface area contributed by atoms with E-state index in [1.54, 1.807) is 17.0 Å². The maximum absolute atomic E-state index is 13.5. The van der Waals surface area contributed by atoms with Crippen LogP contribution in [0.2, 0.25) is 0 Å². The quantitative estimate of drug-likeness (QED) is 0.623. The fourth-order valence-electron chi connectivity index (χ4n) is 4.17. The standard InChI is InChI=1S/C14H17N3O.C13H17FN2O/c1-10(2)12-7-11(9-15)8-13(16-12)14(18)17-5-3-4-6-17;1-9(2)12-10(14)5-6-11(15-12)13(17)16-7-3-4-8-16/h7-8,10H,3-6H2,1-2H3;5-6,9H,3-4,7-8H2,1-2H3. The number of amides is 2. The number of nitriles is 1. The van der Waals surface area contributed by atoms with Crippen LogP contribution in [0.3, 0.4) is 0 Å². The van der Waals surface area contributed by atoms with Crippen molar-refractivity contribution in [3.8, 4) is 6.07 Å². The predicted molar refractivity (Wildman–Crippen MR) is 132 cm³/mol. The lowest BCUT2D eigenvalue weighted by atomic mass is 10.1. The second-order valence-electron chi connectivity index (χ2n) is 9.65. The first-order chi connectivity index (χ1) is 16.7. The lowest BCUT2D eigenvalue weighted by molar-refractivity contribution is 0.0779. The van der Waals surface area contributed by atoms with Crippen molar-refractivity contribution in [2.24, 2.45) is 0 Å². The number of halogens is 1. The number of carbonyl (C=O) groups excluding carboxylic acids is 2. The van der Waals surface area contributed by atoms with E-state index in [2.05, 4.69) is 16.0 Å². The van der Waals surface area contributed by atoms with Crippen molar-refractivity contribution in [2.45, 2.75) is 65.2 Å². The fourth-order valence-corrected chi connectivity index (χ4v) is 4.17. The summed E-state index contributed by atoms with van der Waals surface area (Å²) in [5.41, 5.74) is 2.44. The van der Waals surface area contributed by atoms with Gasteiger partial charge in [0, 0.05) is 31.9 Å². The second kappa shape index (κ2) is 11.9. The van der Waals surface area contributed by atoms with Crippen LogP contribution < -0.4 is 0 Å². The van der Waals surface area contributed by atoms with Crippen LogP contribution >= 0.6 is 0 Å². The summed E-state index contributed by atoms with van der Waals surface area (Å²) in [6, 6.07) is 8.26. The number of carbonyl (C=O) groups is 2. The Morgan fingerprint density at radius 2 is 1.40 bits per heavy atom. The van der Waals surface area contributed by atoms with Crippen molar-refractivity contribution in [3.63, 3.8) is 0 Å². The molecule has 0 atom stereocenters. The van der Waals surface area contributed by atoms with Crippen molar-refractivity contribution in [1.29, 1.82) is 5.26 Å². The van der Waals surface area contributed by atoms with Gasteiger partial charge in [0.2, 0.25) is 0 Å². The third kappa shape index (κ3) is 6.62. The minimum absolute atomic E-state index is 0.0127. The van der Waals surface area contributed by atoms with E-state index < -0.39 is 0 Å². The molecule has 0 aliphatic carbocycles. The van der Waals surface area contributed by atoms with E-state index in [4.69, 9.17) is 5.26 Å². The van der Waals surface area contributed by atoms with Gasteiger partial charge in [0.25, 0.3) is 11.8 Å². The Morgan fingerprint density at radius 3 is 1.89 bits per heavy atom. The highest BCUT2D eigenvalue weighted by Gasteiger charge is 2.23. The molecule has 0 saturated carbocycles. The third-order valence-corrected chi connectivity index (χ3v) is 6.21. The van der Waals surface area contributed by atoms with Crippen molar-refractivity contribution >= 4 is 11.8 Å². The number of aromatic nitrogens is 2. The SMILES string of the molecule is CC(C)c1cc(C#N)cc(C(=O)N2CCCC2)n1.CC(C)c1nc(C(=O)N2CCCC2)ccc1F. The van der Waals surface area contributed by atoms with E-state index in [1.165, 1.54) is 12.1 Å². The first kappa shape index (κ1) is 26.3. The third-order valence-electron chi connectivity index (χ3n) is 6.21. The first-order valence-electron chi connectivity index (χ1n) is 12.4. The molecule has 0 N–H and O–H groups in total. The molecule has 4 heterocycles. The van der Waals surface area contributed by atoms with Crippen LogP contribution in [0.4, 0.5) is 4.39 Å². The van der Waals surface area contributed by atoms with Gasteiger partial charge in [-0.15, -0.1) is 0 Å². The molecule has 8 heteroatoms. The molecule has 2 aliphatic heterocycles. The molecule has 0 unspecified atom stereocenters. The lowest BCUT2D eigenvalue weighted by Crippen LogP contribution is -2.28. The van der Waals surface area contributed by atoms with E-state index in [-0.39, 0.29) is 29.5 Å². The van der Waals surface area contributed by atoms with Gasteiger partial charge in [0.15, 0.2) is 0 Å². The van der Waals surface area contributed by atoms with Crippen LogP contribution in [0.5, 0.6) is 0 Å². The highest BCUT2D eigenvalue weighted by Crippen LogP contribution is 2.19. The summed E-state index contributed by atoms with van der Waals surface area (Å²) in [6.07, 6.45) is 4.20. The molecule has 2 amide bonds. The normalized spacial score (nSPS) is 15.3. The fraction of sp³-hybridized carbons (Fsp3) is 0.519. The maximum Gasteiger partial charge on any atom is 0.272 e. The Morgan fingerprint density at radius 1 is 0.857 bits per heavy atom. The average Bonchev–Trinajstić information content (AvgIpc) is 3.58. The summed E-state index contributed by atoms with van der Waals surface area (Å²) >= 11 is 0. The van der Waals surface area contributed by atoms with Crippen molar-refractivity contribution < 1.29 is 14.0 Å². The van der Waals surface area contributed by atoms with E-state index in [0.29, 0.717) is 22.6 Å². The Labute approximate surface area is 207 Å². The summed E-state index contributed by atoms with van der Waals surface area (Å²) in [6.45, 7) is 10.9. The molecule has 0 bridgehead atoms. The van der Waals surface area contributed by atoms with Crippen LogP contribution in [-0.2, 0) is 0 Å². The van der Waals surface area contributed by atoms with E-state index in [0.717, 1.165) is 57.6 Å². The molecule has 0 radical (unpaired) electrons. The number of rotatable bonds is 4.